The van der Waals surface area contributed by atoms with Gasteiger partial charge in [0.25, 0.3) is 0 Å². The highest BCUT2D eigenvalue weighted by atomic mass is 32.2. The Bertz CT molecular complexity index is 1150. The average Bonchev–Trinajstić information content (AvgIpc) is 2.74. The molecule has 1 aromatic heterocycles. The first-order valence-corrected chi connectivity index (χ1v) is 11.8. The molecule has 32 heavy (non-hydrogen) atoms. The van der Waals surface area contributed by atoms with Crippen LogP contribution in [0.1, 0.15) is 24.0 Å². The Labute approximate surface area is 186 Å². The van der Waals surface area contributed by atoms with E-state index in [1.807, 2.05) is 24.3 Å². The Morgan fingerprint density at radius 3 is 2.16 bits per heavy atom. The molecule has 1 amide bonds. The monoisotopic (exact) mass is 459 g/mol. The van der Waals surface area contributed by atoms with Gasteiger partial charge in [0.1, 0.15) is 5.69 Å². The highest BCUT2D eigenvalue weighted by Crippen LogP contribution is 2.26. The molecule has 0 saturated heterocycles. The first-order chi connectivity index (χ1) is 15.2. The van der Waals surface area contributed by atoms with Crippen LogP contribution in [0.5, 0.6) is 0 Å². The van der Waals surface area contributed by atoms with Crippen LogP contribution in [-0.2, 0) is 21.2 Å². The van der Waals surface area contributed by atoms with Crippen LogP contribution in [0.2, 0.25) is 0 Å². The van der Waals surface area contributed by atoms with Crippen molar-refractivity contribution < 1.29 is 22.0 Å². The SMILES string of the molecule is CS(=O)(=O)N(CCCC(=O)Nc1ccc(Cc2ccncc2)cc1)c1c(F)cccc1F. The summed E-state index contributed by atoms with van der Waals surface area (Å²) in [5.74, 6) is -2.28. The number of pyridine rings is 1. The van der Waals surface area contributed by atoms with Crippen molar-refractivity contribution in [1.29, 1.82) is 0 Å². The Morgan fingerprint density at radius 1 is 0.969 bits per heavy atom. The van der Waals surface area contributed by atoms with Gasteiger partial charge in [0.05, 0.1) is 6.26 Å². The molecular weight excluding hydrogens is 436 g/mol. The zero-order chi connectivity index (χ0) is 23.1. The van der Waals surface area contributed by atoms with Crippen LogP contribution in [-0.4, -0.2) is 32.1 Å². The summed E-state index contributed by atoms with van der Waals surface area (Å²) in [6, 6.07) is 14.4. The third kappa shape index (κ3) is 6.34. The summed E-state index contributed by atoms with van der Waals surface area (Å²) in [6.45, 7) is -0.227. The highest BCUT2D eigenvalue weighted by Gasteiger charge is 2.24. The molecule has 0 atom stereocenters. The normalized spacial score (nSPS) is 11.2. The summed E-state index contributed by atoms with van der Waals surface area (Å²) in [5.41, 5.74) is 2.16. The molecule has 0 aliphatic carbocycles. The number of aromatic nitrogens is 1. The fourth-order valence-corrected chi connectivity index (χ4v) is 4.19. The van der Waals surface area contributed by atoms with Crippen molar-refractivity contribution in [3.63, 3.8) is 0 Å². The maximum Gasteiger partial charge on any atom is 0.232 e. The molecule has 3 aromatic rings. The lowest BCUT2D eigenvalue weighted by atomic mass is 10.1. The Kier molecular flexibility index (Phi) is 7.53. The van der Waals surface area contributed by atoms with E-state index in [1.54, 1.807) is 24.5 Å². The van der Waals surface area contributed by atoms with Gasteiger partial charge in [0.2, 0.25) is 15.9 Å². The van der Waals surface area contributed by atoms with Gasteiger partial charge in [-0.2, -0.15) is 0 Å². The van der Waals surface area contributed by atoms with Crippen molar-refractivity contribution in [3.05, 3.63) is 89.8 Å². The van der Waals surface area contributed by atoms with Crippen molar-refractivity contribution in [1.82, 2.24) is 4.98 Å². The number of anilines is 2. The van der Waals surface area contributed by atoms with Gasteiger partial charge in [-0.25, -0.2) is 17.2 Å². The van der Waals surface area contributed by atoms with Crippen LogP contribution < -0.4 is 9.62 Å². The van der Waals surface area contributed by atoms with Crippen molar-refractivity contribution >= 4 is 27.3 Å². The number of carbonyl (C=O) groups is 1. The minimum atomic E-state index is -3.93. The van der Waals surface area contributed by atoms with Gasteiger partial charge in [-0.1, -0.05) is 18.2 Å². The average molecular weight is 460 g/mol. The minimum absolute atomic E-state index is 0.0130. The van der Waals surface area contributed by atoms with Crippen LogP contribution in [0.4, 0.5) is 20.2 Å². The molecule has 168 valence electrons. The molecular formula is C23H23F2N3O3S. The van der Waals surface area contributed by atoms with Crippen LogP contribution in [0, 0.1) is 11.6 Å². The van der Waals surface area contributed by atoms with Crippen molar-refractivity contribution in [2.45, 2.75) is 19.3 Å². The largest absolute Gasteiger partial charge is 0.326 e. The Hall–Kier alpha value is -3.33. The van der Waals surface area contributed by atoms with Gasteiger partial charge >= 0.3 is 0 Å². The van der Waals surface area contributed by atoms with Crippen molar-refractivity contribution in [3.8, 4) is 0 Å². The summed E-state index contributed by atoms with van der Waals surface area (Å²) in [7, 11) is -3.93. The summed E-state index contributed by atoms with van der Waals surface area (Å²) in [5, 5.41) is 2.74. The molecule has 0 aliphatic heterocycles. The lowest BCUT2D eigenvalue weighted by molar-refractivity contribution is -0.116. The number of nitrogens with one attached hydrogen (secondary N) is 1. The fraction of sp³-hybridized carbons (Fsp3) is 0.217. The molecule has 1 N–H and O–H groups in total. The van der Waals surface area contributed by atoms with Crippen LogP contribution in [0.25, 0.3) is 0 Å². The van der Waals surface area contributed by atoms with Crippen LogP contribution in [0.3, 0.4) is 0 Å². The van der Waals surface area contributed by atoms with Crippen LogP contribution >= 0.6 is 0 Å². The third-order valence-corrected chi connectivity index (χ3v) is 5.91. The summed E-state index contributed by atoms with van der Waals surface area (Å²) < 4.78 is 52.9. The molecule has 0 unspecified atom stereocenters. The van der Waals surface area contributed by atoms with Gasteiger partial charge in [-0.3, -0.25) is 14.1 Å². The molecule has 0 saturated carbocycles. The van der Waals surface area contributed by atoms with Gasteiger partial charge < -0.3 is 5.32 Å². The maximum atomic E-state index is 14.0. The number of hydrogen-bond donors (Lipinski definition) is 1. The first kappa shape index (κ1) is 23.3. The first-order valence-electron chi connectivity index (χ1n) is 9.93. The van der Waals surface area contributed by atoms with Gasteiger partial charge in [0.15, 0.2) is 11.6 Å². The standard InChI is InChI=1S/C23H23F2N3O3S/c1-32(30,31)28(23-20(24)4-2-5-21(23)25)15-3-6-22(29)27-19-9-7-17(8-10-19)16-18-11-13-26-14-12-18/h2,4-5,7-14H,3,6,15-16H2,1H3,(H,27,29). The molecule has 0 aliphatic rings. The van der Waals surface area contributed by atoms with Crippen molar-refractivity contribution in [2.75, 3.05) is 22.4 Å². The van der Waals surface area contributed by atoms with E-state index in [-0.39, 0.29) is 25.3 Å². The summed E-state index contributed by atoms with van der Waals surface area (Å²) in [4.78, 5) is 16.2. The van der Waals surface area contributed by atoms with E-state index < -0.39 is 27.3 Å². The smallest absolute Gasteiger partial charge is 0.232 e. The molecule has 3 rings (SSSR count). The number of nitrogens with zero attached hydrogens (tertiary/aromatic N) is 2. The number of halogens is 2. The minimum Gasteiger partial charge on any atom is -0.326 e. The number of amides is 1. The number of rotatable bonds is 9. The number of carbonyl (C=O) groups excluding carboxylic acids is 1. The molecule has 0 radical (unpaired) electrons. The number of sulfonamides is 1. The molecule has 0 spiro atoms. The quantitative estimate of drug-likeness (QED) is 0.522. The topological polar surface area (TPSA) is 79.4 Å². The van der Waals surface area contributed by atoms with E-state index in [9.17, 15) is 22.0 Å². The second-order valence-corrected chi connectivity index (χ2v) is 9.19. The predicted octanol–water partition coefficient (Wildman–Crippen LogP) is 4.14. The fourth-order valence-electron chi connectivity index (χ4n) is 3.22. The van der Waals surface area contributed by atoms with Gasteiger partial charge in [-0.15, -0.1) is 0 Å². The molecule has 9 heteroatoms. The van der Waals surface area contributed by atoms with E-state index in [1.165, 1.54) is 0 Å². The van der Waals surface area contributed by atoms with Crippen molar-refractivity contribution in [2.24, 2.45) is 0 Å². The Balaban J connectivity index is 1.56. The third-order valence-electron chi connectivity index (χ3n) is 4.75. The van der Waals surface area contributed by atoms with E-state index in [0.717, 1.165) is 42.0 Å². The zero-order valence-corrected chi connectivity index (χ0v) is 18.3. The maximum absolute atomic E-state index is 14.0. The summed E-state index contributed by atoms with van der Waals surface area (Å²) in [6.07, 6.45) is 5.15. The van der Waals surface area contributed by atoms with Gasteiger partial charge in [-0.05, 0) is 60.4 Å². The second-order valence-electron chi connectivity index (χ2n) is 7.29. The van der Waals surface area contributed by atoms with Crippen LogP contribution in [0.15, 0.2) is 67.0 Å². The van der Waals surface area contributed by atoms with E-state index in [2.05, 4.69) is 10.3 Å². The Morgan fingerprint density at radius 2 is 1.56 bits per heavy atom. The predicted molar refractivity (Wildman–Crippen MR) is 120 cm³/mol. The number of benzene rings is 2. The zero-order valence-electron chi connectivity index (χ0n) is 17.5. The lowest BCUT2D eigenvalue weighted by Crippen LogP contribution is -2.33. The number of para-hydroxylation sites is 1. The molecule has 6 nitrogen and oxygen atoms in total. The lowest BCUT2D eigenvalue weighted by Gasteiger charge is -2.23. The molecule has 0 fully saturated rings. The van der Waals surface area contributed by atoms with E-state index >= 15 is 0 Å². The van der Waals surface area contributed by atoms with E-state index in [0.29, 0.717) is 9.99 Å². The van der Waals surface area contributed by atoms with E-state index in [4.69, 9.17) is 0 Å². The number of hydrogen-bond acceptors (Lipinski definition) is 4. The summed E-state index contributed by atoms with van der Waals surface area (Å²) >= 11 is 0. The highest BCUT2D eigenvalue weighted by molar-refractivity contribution is 7.92. The van der Waals surface area contributed by atoms with Gasteiger partial charge in [0, 0.05) is 31.0 Å². The molecule has 0 bridgehead atoms. The molecule has 2 aromatic carbocycles. The second kappa shape index (κ2) is 10.3. The molecule has 1 heterocycles.